The molecule has 4 nitrogen and oxygen atoms in total. The Labute approximate surface area is 99.5 Å². The summed E-state index contributed by atoms with van der Waals surface area (Å²) in [6.07, 6.45) is 4.75. The van der Waals surface area contributed by atoms with Crippen LogP contribution in [0.3, 0.4) is 0 Å². The third kappa shape index (κ3) is 3.90. The van der Waals surface area contributed by atoms with Crippen molar-refractivity contribution in [3.8, 4) is 0 Å². The topological polar surface area (TPSA) is 54.0 Å². The van der Waals surface area contributed by atoms with Gasteiger partial charge in [0.05, 0.1) is 5.01 Å². The largest absolute Gasteiger partial charge is 0.353 e. The van der Waals surface area contributed by atoms with Gasteiger partial charge in [0, 0.05) is 36.6 Å². The second-order valence-corrected chi connectivity index (χ2v) is 5.43. The highest BCUT2D eigenvalue weighted by Gasteiger charge is 2.22. The van der Waals surface area contributed by atoms with Crippen molar-refractivity contribution >= 4 is 17.2 Å². The fourth-order valence-electron chi connectivity index (χ4n) is 1.43. The molecule has 1 aromatic rings. The van der Waals surface area contributed by atoms with E-state index in [1.807, 2.05) is 13.1 Å². The first kappa shape index (κ1) is 11.5. The Balaban J connectivity index is 1.55. The number of hydrogen-bond acceptors (Lipinski definition) is 4. The summed E-state index contributed by atoms with van der Waals surface area (Å²) in [4.78, 5) is 16.7. The Bertz CT molecular complexity index is 360. The molecule has 0 aliphatic heterocycles. The quantitative estimate of drug-likeness (QED) is 0.734. The average Bonchev–Trinajstić information content (AvgIpc) is 2.95. The van der Waals surface area contributed by atoms with Gasteiger partial charge in [0.15, 0.2) is 0 Å². The maximum absolute atomic E-state index is 11.3. The molecule has 1 aromatic heterocycles. The van der Waals surface area contributed by atoms with Crippen LogP contribution in [0.4, 0.5) is 0 Å². The van der Waals surface area contributed by atoms with Crippen LogP contribution in [0, 0.1) is 6.92 Å². The highest BCUT2D eigenvalue weighted by molar-refractivity contribution is 7.11. The zero-order valence-corrected chi connectivity index (χ0v) is 10.3. The van der Waals surface area contributed by atoms with Crippen LogP contribution in [0.2, 0.25) is 0 Å². The molecular weight excluding hydrogens is 222 g/mol. The van der Waals surface area contributed by atoms with Gasteiger partial charge in [-0.15, -0.1) is 11.3 Å². The number of amides is 1. The summed E-state index contributed by atoms with van der Waals surface area (Å²) in [6, 6.07) is 0.469. The fourth-order valence-corrected chi connectivity index (χ4v) is 2.19. The number of carbonyl (C=O) groups is 1. The van der Waals surface area contributed by atoms with Crippen LogP contribution in [-0.4, -0.2) is 23.5 Å². The summed E-state index contributed by atoms with van der Waals surface area (Å²) >= 11 is 1.69. The van der Waals surface area contributed by atoms with Crippen LogP contribution in [0.15, 0.2) is 6.20 Å². The molecular formula is C11H17N3OS. The minimum Gasteiger partial charge on any atom is -0.353 e. The van der Waals surface area contributed by atoms with E-state index in [1.54, 1.807) is 11.3 Å². The van der Waals surface area contributed by atoms with Crippen LogP contribution in [0.1, 0.15) is 29.1 Å². The monoisotopic (exact) mass is 239 g/mol. The standard InChI is InChI=1S/C11H17N3OS/c1-8-13-7-10(16-8)6-12-5-4-11(15)14-9-2-3-9/h7,9,12H,2-6H2,1H3,(H,14,15). The van der Waals surface area contributed by atoms with Crippen molar-refractivity contribution in [2.75, 3.05) is 6.54 Å². The lowest BCUT2D eigenvalue weighted by atomic mass is 10.4. The minimum absolute atomic E-state index is 0.162. The van der Waals surface area contributed by atoms with Crippen molar-refractivity contribution in [1.29, 1.82) is 0 Å². The second-order valence-electron chi connectivity index (χ2n) is 4.11. The van der Waals surface area contributed by atoms with Crippen LogP contribution < -0.4 is 10.6 Å². The first-order chi connectivity index (χ1) is 7.74. The predicted octanol–water partition coefficient (Wildman–Crippen LogP) is 1.21. The van der Waals surface area contributed by atoms with Gasteiger partial charge in [-0.2, -0.15) is 0 Å². The lowest BCUT2D eigenvalue weighted by Crippen LogP contribution is -2.28. The van der Waals surface area contributed by atoms with E-state index in [-0.39, 0.29) is 5.91 Å². The Morgan fingerprint density at radius 2 is 2.44 bits per heavy atom. The molecule has 0 unspecified atom stereocenters. The van der Waals surface area contributed by atoms with E-state index in [9.17, 15) is 4.79 Å². The van der Waals surface area contributed by atoms with Crippen molar-refractivity contribution < 1.29 is 4.79 Å². The van der Waals surface area contributed by atoms with Gasteiger partial charge in [0.25, 0.3) is 0 Å². The molecule has 88 valence electrons. The summed E-state index contributed by atoms with van der Waals surface area (Å²) in [5.41, 5.74) is 0. The van der Waals surface area contributed by atoms with Crippen molar-refractivity contribution in [3.63, 3.8) is 0 Å². The number of thiazole rings is 1. The molecule has 0 aromatic carbocycles. The lowest BCUT2D eigenvalue weighted by molar-refractivity contribution is -0.121. The Morgan fingerprint density at radius 3 is 3.06 bits per heavy atom. The van der Waals surface area contributed by atoms with E-state index in [4.69, 9.17) is 0 Å². The van der Waals surface area contributed by atoms with Crippen molar-refractivity contribution in [1.82, 2.24) is 15.6 Å². The molecule has 0 saturated heterocycles. The van der Waals surface area contributed by atoms with E-state index in [2.05, 4.69) is 15.6 Å². The molecule has 0 radical (unpaired) electrons. The second kappa shape index (κ2) is 5.41. The highest BCUT2D eigenvalue weighted by atomic mass is 32.1. The molecule has 5 heteroatoms. The molecule has 1 heterocycles. The van der Waals surface area contributed by atoms with Gasteiger partial charge in [-0.3, -0.25) is 4.79 Å². The van der Waals surface area contributed by atoms with E-state index in [1.165, 1.54) is 4.88 Å². The summed E-state index contributed by atoms with van der Waals surface area (Å²) < 4.78 is 0. The third-order valence-corrected chi connectivity index (χ3v) is 3.35. The molecule has 16 heavy (non-hydrogen) atoms. The maximum Gasteiger partial charge on any atom is 0.221 e. The fraction of sp³-hybridized carbons (Fsp3) is 0.636. The summed E-state index contributed by atoms with van der Waals surface area (Å²) in [7, 11) is 0. The number of hydrogen-bond donors (Lipinski definition) is 2. The Morgan fingerprint density at radius 1 is 1.62 bits per heavy atom. The first-order valence-corrected chi connectivity index (χ1v) is 6.47. The maximum atomic E-state index is 11.3. The van der Waals surface area contributed by atoms with Gasteiger partial charge in [0.1, 0.15) is 0 Å². The zero-order valence-electron chi connectivity index (χ0n) is 9.45. The molecule has 0 spiro atoms. The molecule has 1 saturated carbocycles. The molecule has 1 aliphatic carbocycles. The molecule has 1 fully saturated rings. The van der Waals surface area contributed by atoms with Crippen LogP contribution >= 0.6 is 11.3 Å². The third-order valence-electron chi connectivity index (χ3n) is 2.44. The summed E-state index contributed by atoms with van der Waals surface area (Å²) in [6.45, 7) is 3.54. The van der Waals surface area contributed by atoms with Gasteiger partial charge >= 0.3 is 0 Å². The van der Waals surface area contributed by atoms with Crippen molar-refractivity contribution in [3.05, 3.63) is 16.1 Å². The molecule has 2 N–H and O–H groups in total. The predicted molar refractivity (Wildman–Crippen MR) is 64.3 cm³/mol. The molecule has 1 amide bonds. The van der Waals surface area contributed by atoms with Gasteiger partial charge in [0.2, 0.25) is 5.91 Å². The van der Waals surface area contributed by atoms with E-state index in [0.717, 1.165) is 30.9 Å². The SMILES string of the molecule is Cc1ncc(CNCCC(=O)NC2CC2)s1. The summed E-state index contributed by atoms with van der Waals surface area (Å²) in [5.74, 6) is 0.162. The number of nitrogens with zero attached hydrogens (tertiary/aromatic N) is 1. The van der Waals surface area contributed by atoms with Gasteiger partial charge < -0.3 is 10.6 Å². The van der Waals surface area contributed by atoms with Crippen molar-refractivity contribution in [2.24, 2.45) is 0 Å². The molecule has 2 rings (SSSR count). The van der Waals surface area contributed by atoms with Crippen LogP contribution in [0.25, 0.3) is 0 Å². The number of carbonyl (C=O) groups excluding carboxylic acids is 1. The lowest BCUT2D eigenvalue weighted by Gasteiger charge is -2.03. The van der Waals surface area contributed by atoms with E-state index >= 15 is 0 Å². The highest BCUT2D eigenvalue weighted by Crippen LogP contribution is 2.18. The smallest absolute Gasteiger partial charge is 0.221 e. The average molecular weight is 239 g/mol. The Kier molecular flexibility index (Phi) is 3.90. The molecule has 1 aliphatic rings. The number of rotatable bonds is 6. The minimum atomic E-state index is 0.162. The van der Waals surface area contributed by atoms with E-state index < -0.39 is 0 Å². The van der Waals surface area contributed by atoms with Crippen molar-refractivity contribution in [2.45, 2.75) is 38.8 Å². The molecule has 0 bridgehead atoms. The zero-order chi connectivity index (χ0) is 11.4. The first-order valence-electron chi connectivity index (χ1n) is 5.65. The van der Waals surface area contributed by atoms with Gasteiger partial charge in [-0.1, -0.05) is 0 Å². The van der Waals surface area contributed by atoms with E-state index in [0.29, 0.717) is 12.5 Å². The summed E-state index contributed by atoms with van der Waals surface area (Å²) in [5, 5.41) is 7.30. The number of aromatic nitrogens is 1. The number of aryl methyl sites for hydroxylation is 1. The normalized spacial score (nSPS) is 15.1. The van der Waals surface area contributed by atoms with Crippen LogP contribution in [-0.2, 0) is 11.3 Å². The van der Waals surface area contributed by atoms with Gasteiger partial charge in [-0.25, -0.2) is 4.98 Å². The van der Waals surface area contributed by atoms with Crippen LogP contribution in [0.5, 0.6) is 0 Å². The van der Waals surface area contributed by atoms with Gasteiger partial charge in [-0.05, 0) is 19.8 Å². The Hall–Kier alpha value is -0.940. The molecule has 0 atom stereocenters. The number of nitrogens with one attached hydrogen (secondary N) is 2.